The Kier molecular flexibility index (Phi) is 5.48. The average molecular weight is 283 g/mol. The zero-order chi connectivity index (χ0) is 13.8. The lowest BCUT2D eigenvalue weighted by molar-refractivity contribution is 0.336. The van der Waals surface area contributed by atoms with E-state index in [0.717, 1.165) is 0 Å². The first-order valence-corrected chi connectivity index (χ1v) is 10.1. The van der Waals surface area contributed by atoms with Crippen molar-refractivity contribution in [3.05, 3.63) is 35.9 Å². The molecule has 1 rings (SSSR count). The van der Waals surface area contributed by atoms with Gasteiger partial charge in [-0.2, -0.15) is 11.1 Å². The van der Waals surface area contributed by atoms with E-state index in [1.54, 1.807) is 0 Å². The van der Waals surface area contributed by atoms with Gasteiger partial charge in [0.25, 0.3) is 0 Å². The van der Waals surface area contributed by atoms with Crippen molar-refractivity contribution in [3.63, 3.8) is 0 Å². The van der Waals surface area contributed by atoms with Crippen molar-refractivity contribution in [1.82, 2.24) is 0 Å². The Labute approximate surface area is 119 Å². The second kappa shape index (κ2) is 6.25. The molecule has 0 aliphatic carbocycles. The van der Waals surface area contributed by atoms with Crippen molar-refractivity contribution in [1.29, 1.82) is 0 Å². The first-order valence-electron chi connectivity index (χ1n) is 6.99. The summed E-state index contributed by atoms with van der Waals surface area (Å²) in [4.78, 5) is 0. The van der Waals surface area contributed by atoms with E-state index in [1.807, 2.05) is 0 Å². The standard InChI is InChI=1S/C16H27ClSi/c1-6-15(2,3)12-13-18(17)16(4,5)14-10-8-7-9-11-14/h7-11,18H,6,12-13H2,1-5H3. The van der Waals surface area contributed by atoms with Crippen LogP contribution >= 0.6 is 11.1 Å². The highest BCUT2D eigenvalue weighted by Gasteiger charge is 2.32. The van der Waals surface area contributed by atoms with Crippen LogP contribution in [0.5, 0.6) is 0 Å². The van der Waals surface area contributed by atoms with Gasteiger partial charge in [0.2, 0.25) is 0 Å². The highest BCUT2D eigenvalue weighted by atomic mass is 35.6. The van der Waals surface area contributed by atoms with Crippen molar-refractivity contribution < 1.29 is 0 Å². The van der Waals surface area contributed by atoms with Gasteiger partial charge in [0.1, 0.15) is 0 Å². The maximum absolute atomic E-state index is 6.81. The molecule has 0 saturated heterocycles. The van der Waals surface area contributed by atoms with Crippen molar-refractivity contribution in [2.45, 2.75) is 58.5 Å². The van der Waals surface area contributed by atoms with Crippen LogP contribution in [0.2, 0.25) is 6.04 Å². The van der Waals surface area contributed by atoms with Crippen molar-refractivity contribution >= 4 is 19.2 Å². The minimum Gasteiger partial charge on any atom is -0.171 e. The van der Waals surface area contributed by atoms with Crippen molar-refractivity contribution in [2.75, 3.05) is 0 Å². The zero-order valence-electron chi connectivity index (χ0n) is 12.5. The number of hydrogen-bond donors (Lipinski definition) is 0. The monoisotopic (exact) mass is 282 g/mol. The third kappa shape index (κ3) is 4.13. The van der Waals surface area contributed by atoms with E-state index in [9.17, 15) is 0 Å². The summed E-state index contributed by atoms with van der Waals surface area (Å²) < 4.78 is 0. The largest absolute Gasteiger partial charge is 0.171 e. The van der Waals surface area contributed by atoms with Gasteiger partial charge in [0.15, 0.2) is 8.11 Å². The highest BCUT2D eigenvalue weighted by molar-refractivity contribution is 7.08. The van der Waals surface area contributed by atoms with Crippen LogP contribution in [0.3, 0.4) is 0 Å². The van der Waals surface area contributed by atoms with Crippen LogP contribution in [0.1, 0.15) is 53.0 Å². The van der Waals surface area contributed by atoms with E-state index >= 15 is 0 Å². The Morgan fingerprint density at radius 2 is 1.61 bits per heavy atom. The molecule has 102 valence electrons. The van der Waals surface area contributed by atoms with Crippen molar-refractivity contribution in [2.24, 2.45) is 5.41 Å². The van der Waals surface area contributed by atoms with Crippen molar-refractivity contribution in [3.8, 4) is 0 Å². The van der Waals surface area contributed by atoms with Crippen LogP contribution in [0.15, 0.2) is 30.3 Å². The molecule has 0 radical (unpaired) electrons. The summed E-state index contributed by atoms with van der Waals surface area (Å²) in [6, 6.07) is 12.0. The Bertz CT molecular complexity index is 357. The maximum Gasteiger partial charge on any atom is 0.150 e. The molecular weight excluding hydrogens is 256 g/mol. The highest BCUT2D eigenvalue weighted by Crippen LogP contribution is 2.35. The lowest BCUT2D eigenvalue weighted by Crippen LogP contribution is -2.34. The molecule has 2 heteroatoms. The third-order valence-electron chi connectivity index (χ3n) is 4.33. The summed E-state index contributed by atoms with van der Waals surface area (Å²) in [6.45, 7) is 11.6. The molecule has 0 saturated carbocycles. The zero-order valence-corrected chi connectivity index (χ0v) is 14.4. The maximum atomic E-state index is 6.81. The molecule has 0 aliphatic rings. The Morgan fingerprint density at radius 1 is 1.06 bits per heavy atom. The van der Waals surface area contributed by atoms with Crippen LogP contribution in [0.4, 0.5) is 0 Å². The SMILES string of the molecule is CCC(C)(C)CC[SiH](Cl)C(C)(C)c1ccccc1. The summed E-state index contributed by atoms with van der Waals surface area (Å²) in [5.41, 5.74) is 1.83. The van der Waals surface area contributed by atoms with E-state index in [-0.39, 0.29) is 5.04 Å². The molecule has 0 amide bonds. The van der Waals surface area contributed by atoms with E-state index in [1.165, 1.54) is 24.4 Å². The molecule has 0 nitrogen and oxygen atoms in total. The third-order valence-corrected chi connectivity index (χ3v) is 9.32. The molecule has 1 aromatic carbocycles. The van der Waals surface area contributed by atoms with E-state index in [4.69, 9.17) is 11.1 Å². The number of rotatable bonds is 6. The summed E-state index contributed by atoms with van der Waals surface area (Å²) in [5.74, 6) is 0. The molecule has 0 spiro atoms. The quantitative estimate of drug-likeness (QED) is 0.491. The lowest BCUT2D eigenvalue weighted by atomic mass is 9.87. The second-order valence-electron chi connectivity index (χ2n) is 6.61. The van der Waals surface area contributed by atoms with Gasteiger partial charge in [0, 0.05) is 0 Å². The Morgan fingerprint density at radius 3 is 2.11 bits per heavy atom. The molecular formula is C16H27ClSi. The Balaban J connectivity index is 2.69. The Hall–Kier alpha value is -0.273. The minimum atomic E-state index is -1.28. The molecule has 0 fully saturated rings. The van der Waals surface area contributed by atoms with Crippen LogP contribution in [-0.4, -0.2) is 8.11 Å². The topological polar surface area (TPSA) is 0 Å². The smallest absolute Gasteiger partial charge is 0.150 e. The van der Waals surface area contributed by atoms with E-state index < -0.39 is 8.11 Å². The van der Waals surface area contributed by atoms with Crippen LogP contribution in [-0.2, 0) is 5.04 Å². The van der Waals surface area contributed by atoms with Crippen LogP contribution in [0.25, 0.3) is 0 Å². The normalized spacial score (nSPS) is 14.6. The summed E-state index contributed by atoms with van der Waals surface area (Å²) >= 11 is 6.81. The molecule has 0 N–H and O–H groups in total. The fourth-order valence-corrected chi connectivity index (χ4v) is 5.12. The van der Waals surface area contributed by atoms with Gasteiger partial charge in [0.05, 0.1) is 0 Å². The minimum absolute atomic E-state index is 0.173. The van der Waals surface area contributed by atoms with Gasteiger partial charge < -0.3 is 0 Å². The number of hydrogen-bond acceptors (Lipinski definition) is 0. The summed E-state index contributed by atoms with van der Waals surface area (Å²) in [5, 5.41) is 0.173. The van der Waals surface area contributed by atoms with Gasteiger partial charge in [-0.15, -0.1) is 0 Å². The second-order valence-corrected chi connectivity index (χ2v) is 11.1. The van der Waals surface area contributed by atoms with E-state index in [0.29, 0.717) is 5.41 Å². The predicted octanol–water partition coefficient (Wildman–Crippen LogP) is 5.29. The fraction of sp³-hybridized carbons (Fsp3) is 0.625. The molecule has 1 unspecified atom stereocenters. The van der Waals surface area contributed by atoms with Crippen LogP contribution < -0.4 is 0 Å². The van der Waals surface area contributed by atoms with Gasteiger partial charge >= 0.3 is 0 Å². The summed E-state index contributed by atoms with van der Waals surface area (Å²) in [6.07, 6.45) is 2.48. The van der Waals surface area contributed by atoms with Crippen LogP contribution in [0, 0.1) is 5.41 Å². The molecule has 1 atom stereocenters. The summed E-state index contributed by atoms with van der Waals surface area (Å²) in [7, 11) is -1.28. The molecule has 0 aromatic heterocycles. The molecule has 0 aliphatic heterocycles. The first-order chi connectivity index (χ1) is 8.29. The lowest BCUT2D eigenvalue weighted by Gasteiger charge is -2.32. The average Bonchev–Trinajstić information content (AvgIpc) is 2.37. The predicted molar refractivity (Wildman–Crippen MR) is 86.0 cm³/mol. The fourth-order valence-electron chi connectivity index (χ4n) is 2.10. The van der Waals surface area contributed by atoms with Gasteiger partial charge in [-0.05, 0) is 28.5 Å². The molecule has 18 heavy (non-hydrogen) atoms. The molecule has 1 aromatic rings. The number of benzene rings is 1. The van der Waals surface area contributed by atoms with Gasteiger partial charge in [-0.25, -0.2) is 0 Å². The van der Waals surface area contributed by atoms with E-state index in [2.05, 4.69) is 65.0 Å². The molecule has 0 bridgehead atoms. The van der Waals surface area contributed by atoms with Gasteiger partial charge in [-0.1, -0.05) is 71.4 Å². The molecule has 0 heterocycles. The number of halogens is 1. The first kappa shape index (κ1) is 15.8. The van der Waals surface area contributed by atoms with Gasteiger partial charge in [-0.3, -0.25) is 0 Å².